The third kappa shape index (κ3) is 2.72. The van der Waals surface area contributed by atoms with Gasteiger partial charge in [-0.15, -0.1) is 10.2 Å². The zero-order valence-corrected chi connectivity index (χ0v) is 17.0. The van der Waals surface area contributed by atoms with Crippen molar-refractivity contribution in [2.75, 3.05) is 5.32 Å². The monoisotopic (exact) mass is 400 g/mol. The Morgan fingerprint density at radius 1 is 1.32 bits per heavy atom. The second kappa shape index (κ2) is 6.48. The van der Waals surface area contributed by atoms with Crippen LogP contribution in [0.1, 0.15) is 68.7 Å². The van der Waals surface area contributed by atoms with Crippen LogP contribution in [0.4, 0.5) is 10.5 Å². The van der Waals surface area contributed by atoms with Crippen LogP contribution in [0.25, 0.3) is 0 Å². The van der Waals surface area contributed by atoms with Crippen molar-refractivity contribution in [3.8, 4) is 0 Å². The molecule has 1 N–H and O–H groups in total. The van der Waals surface area contributed by atoms with E-state index in [-0.39, 0.29) is 12.1 Å². The van der Waals surface area contributed by atoms with E-state index in [9.17, 15) is 4.79 Å². The summed E-state index contributed by atoms with van der Waals surface area (Å²) in [5.74, 6) is 2.14. The molecule has 2 unspecified atom stereocenters. The number of aryl methyl sites for hydroxylation is 1. The topological polar surface area (TPSA) is 71.3 Å². The number of hydrogen-bond acceptors (Lipinski definition) is 4. The Kier molecular flexibility index (Phi) is 4.16. The maximum atomic E-state index is 13.2. The molecule has 1 aromatic heterocycles. The molecule has 28 heavy (non-hydrogen) atoms. The molecule has 2 aromatic rings. The van der Waals surface area contributed by atoms with Gasteiger partial charge in [0, 0.05) is 30.1 Å². The molecule has 1 saturated heterocycles. The van der Waals surface area contributed by atoms with E-state index in [2.05, 4.69) is 22.4 Å². The molecule has 3 fully saturated rings. The second-order valence-corrected chi connectivity index (χ2v) is 9.13. The van der Waals surface area contributed by atoms with Gasteiger partial charge in [0.2, 0.25) is 11.8 Å². The summed E-state index contributed by atoms with van der Waals surface area (Å²) in [5.41, 5.74) is 1.47. The number of fused-ring (bicyclic) bond motifs is 2. The SMILES string of the molecule is Cc1nnc(C23CC(C)C[C@H](C2)N3C(=O)Nc2ccc(Cl)c(C3CCC3)c2)o1. The average Bonchev–Trinajstić information content (AvgIpc) is 3.02. The summed E-state index contributed by atoms with van der Waals surface area (Å²) in [6, 6.07) is 5.92. The van der Waals surface area contributed by atoms with Crippen molar-refractivity contribution in [2.45, 2.75) is 69.9 Å². The Hall–Kier alpha value is -2.08. The number of aromatic nitrogens is 2. The number of amides is 2. The molecule has 2 saturated carbocycles. The largest absolute Gasteiger partial charge is 0.423 e. The van der Waals surface area contributed by atoms with Gasteiger partial charge in [0.15, 0.2) is 0 Å². The van der Waals surface area contributed by atoms with Crippen LogP contribution in [0, 0.1) is 12.8 Å². The van der Waals surface area contributed by atoms with E-state index >= 15 is 0 Å². The summed E-state index contributed by atoms with van der Waals surface area (Å²) in [7, 11) is 0. The van der Waals surface area contributed by atoms with Gasteiger partial charge in [-0.25, -0.2) is 4.79 Å². The van der Waals surface area contributed by atoms with Gasteiger partial charge in [-0.3, -0.25) is 0 Å². The van der Waals surface area contributed by atoms with Crippen molar-refractivity contribution < 1.29 is 9.21 Å². The second-order valence-electron chi connectivity index (χ2n) is 8.73. The molecule has 148 valence electrons. The van der Waals surface area contributed by atoms with Crippen LogP contribution in [-0.2, 0) is 5.54 Å². The van der Waals surface area contributed by atoms with Crippen molar-refractivity contribution in [3.05, 3.63) is 40.6 Å². The lowest BCUT2D eigenvalue weighted by Gasteiger charge is -2.61. The lowest BCUT2D eigenvalue weighted by atomic mass is 9.64. The maximum absolute atomic E-state index is 13.2. The first kappa shape index (κ1) is 18.0. The number of benzene rings is 1. The molecule has 2 amide bonds. The summed E-state index contributed by atoms with van der Waals surface area (Å²) in [6.07, 6.45) is 6.34. The number of piperidine rings is 1. The van der Waals surface area contributed by atoms with Crippen LogP contribution in [0.3, 0.4) is 0 Å². The normalized spacial score (nSPS) is 29.2. The Balaban J connectivity index is 1.40. The molecule has 1 aromatic carbocycles. The number of nitrogens with zero attached hydrogens (tertiary/aromatic N) is 3. The van der Waals surface area contributed by atoms with Crippen molar-refractivity contribution >= 4 is 23.3 Å². The molecule has 6 nitrogen and oxygen atoms in total. The number of halogens is 1. The number of likely N-dealkylation sites (tertiary alicyclic amines) is 1. The molecule has 2 aliphatic carbocycles. The number of carbonyl (C=O) groups is 1. The van der Waals surface area contributed by atoms with E-state index in [1.54, 1.807) is 6.92 Å². The molecule has 3 atom stereocenters. The summed E-state index contributed by atoms with van der Waals surface area (Å²) >= 11 is 6.39. The van der Waals surface area contributed by atoms with Crippen LogP contribution in [0.2, 0.25) is 5.02 Å². The minimum atomic E-state index is -0.475. The molecule has 2 bridgehead atoms. The van der Waals surface area contributed by atoms with Gasteiger partial charge in [-0.1, -0.05) is 24.9 Å². The minimum Gasteiger partial charge on any atom is -0.423 e. The molecule has 1 aliphatic heterocycles. The minimum absolute atomic E-state index is 0.0964. The Bertz CT molecular complexity index is 925. The number of urea groups is 1. The molecular formula is C21H25ClN4O2. The maximum Gasteiger partial charge on any atom is 0.322 e. The van der Waals surface area contributed by atoms with Crippen LogP contribution >= 0.6 is 11.6 Å². The summed E-state index contributed by atoms with van der Waals surface area (Å²) in [6.45, 7) is 4.01. The van der Waals surface area contributed by atoms with Crippen molar-refractivity contribution in [2.24, 2.45) is 5.92 Å². The van der Waals surface area contributed by atoms with Crippen LogP contribution in [0.15, 0.2) is 22.6 Å². The van der Waals surface area contributed by atoms with Crippen molar-refractivity contribution in [1.82, 2.24) is 15.1 Å². The van der Waals surface area contributed by atoms with Gasteiger partial charge in [0.1, 0.15) is 5.54 Å². The van der Waals surface area contributed by atoms with Crippen LogP contribution in [-0.4, -0.2) is 27.2 Å². The molecule has 7 heteroatoms. The van der Waals surface area contributed by atoms with E-state index in [1.807, 2.05) is 23.1 Å². The molecule has 0 spiro atoms. The van der Waals surface area contributed by atoms with E-state index in [1.165, 1.54) is 19.3 Å². The Morgan fingerprint density at radius 3 is 2.82 bits per heavy atom. The molecule has 5 rings (SSSR count). The number of hydrogen-bond donors (Lipinski definition) is 1. The third-order valence-electron chi connectivity index (χ3n) is 6.70. The molecule has 0 radical (unpaired) electrons. The molecule has 2 heterocycles. The first-order chi connectivity index (χ1) is 13.5. The lowest BCUT2D eigenvalue weighted by molar-refractivity contribution is -0.110. The fourth-order valence-corrected chi connectivity index (χ4v) is 5.54. The predicted molar refractivity (Wildman–Crippen MR) is 106 cm³/mol. The van der Waals surface area contributed by atoms with Gasteiger partial charge in [0.25, 0.3) is 0 Å². The Morgan fingerprint density at radius 2 is 2.14 bits per heavy atom. The number of nitrogens with one attached hydrogen (secondary N) is 1. The van der Waals surface area contributed by atoms with Crippen LogP contribution in [0.5, 0.6) is 0 Å². The standard InChI is InChI=1S/C21H25ClN4O2/c1-12-8-16-11-21(10-12,19-25-24-13(2)28-19)26(16)20(27)23-15-6-7-18(22)17(9-15)14-4-3-5-14/h6-7,9,12,14,16H,3-5,8,10-11H2,1-2H3,(H,23,27)/t12?,16-,21?/m1/s1. The fraction of sp³-hybridized carbons (Fsp3) is 0.571. The van der Waals surface area contributed by atoms with E-state index in [4.69, 9.17) is 16.0 Å². The number of rotatable bonds is 3. The van der Waals surface area contributed by atoms with Gasteiger partial charge in [-0.05, 0) is 61.3 Å². The smallest absolute Gasteiger partial charge is 0.322 e. The highest BCUT2D eigenvalue weighted by Gasteiger charge is 2.62. The third-order valence-corrected chi connectivity index (χ3v) is 7.04. The van der Waals surface area contributed by atoms with Crippen molar-refractivity contribution in [1.29, 1.82) is 0 Å². The predicted octanol–water partition coefficient (Wildman–Crippen LogP) is 5.23. The summed E-state index contributed by atoms with van der Waals surface area (Å²) in [5, 5.41) is 12.2. The van der Waals surface area contributed by atoms with Gasteiger partial charge < -0.3 is 14.6 Å². The molecular weight excluding hydrogens is 376 g/mol. The lowest BCUT2D eigenvalue weighted by Crippen LogP contribution is -2.70. The highest BCUT2D eigenvalue weighted by Crippen LogP contribution is 2.55. The summed E-state index contributed by atoms with van der Waals surface area (Å²) in [4.78, 5) is 15.2. The highest BCUT2D eigenvalue weighted by molar-refractivity contribution is 6.31. The van der Waals surface area contributed by atoms with Crippen molar-refractivity contribution in [3.63, 3.8) is 0 Å². The number of anilines is 1. The highest BCUT2D eigenvalue weighted by atomic mass is 35.5. The van der Waals surface area contributed by atoms with Crippen LogP contribution < -0.4 is 5.32 Å². The number of carbonyl (C=O) groups excluding carboxylic acids is 1. The van der Waals surface area contributed by atoms with E-state index in [0.717, 1.165) is 35.5 Å². The first-order valence-electron chi connectivity index (χ1n) is 10.2. The van der Waals surface area contributed by atoms with Gasteiger partial charge >= 0.3 is 6.03 Å². The zero-order chi connectivity index (χ0) is 19.5. The summed E-state index contributed by atoms with van der Waals surface area (Å²) < 4.78 is 5.77. The first-order valence-corrected chi connectivity index (χ1v) is 10.5. The average molecular weight is 401 g/mol. The Labute approximate surface area is 169 Å². The van der Waals surface area contributed by atoms with Gasteiger partial charge in [0.05, 0.1) is 0 Å². The quantitative estimate of drug-likeness (QED) is 0.765. The molecule has 3 aliphatic rings. The van der Waals surface area contributed by atoms with E-state index in [0.29, 0.717) is 23.6 Å². The van der Waals surface area contributed by atoms with E-state index < -0.39 is 5.54 Å². The zero-order valence-electron chi connectivity index (χ0n) is 16.2. The van der Waals surface area contributed by atoms with Gasteiger partial charge in [-0.2, -0.15) is 0 Å². The fourth-order valence-electron chi connectivity index (χ4n) is 5.27.